The lowest BCUT2D eigenvalue weighted by atomic mass is 9.98. The third-order valence-electron chi connectivity index (χ3n) is 6.52. The maximum Gasteiger partial charge on any atom is 0.167 e. The molecule has 0 saturated heterocycles. The molecule has 3 aromatic carbocycles. The minimum Gasteiger partial charge on any atom is -0.313 e. The van der Waals surface area contributed by atoms with E-state index in [-0.39, 0.29) is 5.78 Å². The van der Waals surface area contributed by atoms with Crippen molar-refractivity contribution in [3.05, 3.63) is 95.1 Å². The number of rotatable bonds is 8. The number of benzene rings is 3. The fourth-order valence-electron chi connectivity index (χ4n) is 4.19. The SMILES string of the molecule is Cc1ccc(-c2ccc(C(=O)Cc3ccc(C4CC4NCC4CC4)cc3)cc2)cc1. The summed E-state index contributed by atoms with van der Waals surface area (Å²) in [5.74, 6) is 1.77. The summed E-state index contributed by atoms with van der Waals surface area (Å²) in [5, 5.41) is 3.70. The van der Waals surface area contributed by atoms with Gasteiger partial charge in [-0.2, -0.15) is 0 Å². The van der Waals surface area contributed by atoms with Gasteiger partial charge in [0.15, 0.2) is 5.78 Å². The Kier molecular flexibility index (Phi) is 5.26. The molecule has 2 heteroatoms. The van der Waals surface area contributed by atoms with Gasteiger partial charge in [0, 0.05) is 23.9 Å². The molecule has 0 heterocycles. The Balaban J connectivity index is 1.17. The number of hydrogen-bond donors (Lipinski definition) is 1. The van der Waals surface area contributed by atoms with Gasteiger partial charge >= 0.3 is 0 Å². The Labute approximate surface area is 179 Å². The molecule has 3 aromatic rings. The van der Waals surface area contributed by atoms with Gasteiger partial charge in [-0.1, -0.05) is 78.4 Å². The second-order valence-electron chi connectivity index (χ2n) is 9.09. The largest absolute Gasteiger partial charge is 0.313 e. The minimum atomic E-state index is 0.175. The van der Waals surface area contributed by atoms with Crippen molar-refractivity contribution in [3.8, 4) is 11.1 Å². The Morgan fingerprint density at radius 2 is 1.50 bits per heavy atom. The van der Waals surface area contributed by atoms with Gasteiger partial charge in [0.1, 0.15) is 0 Å². The van der Waals surface area contributed by atoms with E-state index in [0.717, 1.165) is 22.6 Å². The maximum atomic E-state index is 12.7. The van der Waals surface area contributed by atoms with Gasteiger partial charge in [0.05, 0.1) is 0 Å². The van der Waals surface area contributed by atoms with Crippen LogP contribution in [-0.4, -0.2) is 18.4 Å². The van der Waals surface area contributed by atoms with Crippen LogP contribution in [0, 0.1) is 12.8 Å². The molecule has 0 radical (unpaired) electrons. The van der Waals surface area contributed by atoms with Crippen LogP contribution in [0.3, 0.4) is 0 Å². The average Bonchev–Trinajstić information content (AvgIpc) is 3.69. The molecule has 5 rings (SSSR count). The van der Waals surface area contributed by atoms with Crippen molar-refractivity contribution >= 4 is 5.78 Å². The van der Waals surface area contributed by atoms with Crippen LogP contribution in [0.5, 0.6) is 0 Å². The molecule has 0 aliphatic heterocycles. The van der Waals surface area contributed by atoms with E-state index in [0.29, 0.717) is 18.4 Å². The zero-order valence-corrected chi connectivity index (χ0v) is 17.6. The lowest BCUT2D eigenvalue weighted by Crippen LogP contribution is -2.20. The van der Waals surface area contributed by atoms with Crippen LogP contribution in [0.15, 0.2) is 72.8 Å². The van der Waals surface area contributed by atoms with Crippen molar-refractivity contribution in [1.82, 2.24) is 5.32 Å². The first kappa shape index (κ1) is 19.3. The summed E-state index contributed by atoms with van der Waals surface area (Å²) in [6.45, 7) is 3.28. The van der Waals surface area contributed by atoms with Crippen LogP contribution in [-0.2, 0) is 6.42 Å². The van der Waals surface area contributed by atoms with E-state index in [1.807, 2.05) is 24.3 Å². The number of aryl methyl sites for hydroxylation is 1. The van der Waals surface area contributed by atoms with Gasteiger partial charge in [-0.05, 0) is 60.9 Å². The number of Topliss-reactive ketones (excluding diaryl/α,β-unsaturated/α-hetero) is 1. The first-order valence-electron chi connectivity index (χ1n) is 11.2. The smallest absolute Gasteiger partial charge is 0.167 e. The highest BCUT2D eigenvalue weighted by molar-refractivity contribution is 5.97. The van der Waals surface area contributed by atoms with E-state index in [1.165, 1.54) is 42.5 Å². The fourth-order valence-corrected chi connectivity index (χ4v) is 4.19. The molecule has 2 aliphatic carbocycles. The molecule has 0 amide bonds. The zero-order chi connectivity index (χ0) is 20.5. The molecule has 0 aromatic heterocycles. The third kappa shape index (κ3) is 4.55. The van der Waals surface area contributed by atoms with Crippen LogP contribution >= 0.6 is 0 Å². The second-order valence-corrected chi connectivity index (χ2v) is 9.09. The molecule has 2 nitrogen and oxygen atoms in total. The Morgan fingerprint density at radius 3 is 2.13 bits per heavy atom. The molecule has 2 aliphatic rings. The standard InChI is InChI=1S/C28H29NO/c1-19-2-8-22(9-3-19)23-12-14-25(15-13-23)28(30)16-20-6-10-24(11-7-20)26-17-27(26)29-18-21-4-5-21/h2-3,6-15,21,26-27,29H,4-5,16-18H2,1H3. The first-order valence-corrected chi connectivity index (χ1v) is 11.2. The summed E-state index contributed by atoms with van der Waals surface area (Å²) >= 11 is 0. The maximum absolute atomic E-state index is 12.7. The second kappa shape index (κ2) is 8.20. The van der Waals surface area contributed by atoms with E-state index in [1.54, 1.807) is 0 Å². The lowest BCUT2D eigenvalue weighted by molar-refractivity contribution is 0.0993. The highest BCUT2D eigenvalue weighted by Crippen LogP contribution is 2.41. The Hall–Kier alpha value is -2.71. The van der Waals surface area contributed by atoms with Crippen molar-refractivity contribution in [3.63, 3.8) is 0 Å². The van der Waals surface area contributed by atoms with Crippen LogP contribution in [0.1, 0.15) is 52.2 Å². The highest BCUT2D eigenvalue weighted by Gasteiger charge is 2.38. The van der Waals surface area contributed by atoms with Gasteiger partial charge in [-0.3, -0.25) is 4.79 Å². The monoisotopic (exact) mass is 395 g/mol. The van der Waals surface area contributed by atoms with Crippen molar-refractivity contribution < 1.29 is 4.79 Å². The quantitative estimate of drug-likeness (QED) is 0.478. The van der Waals surface area contributed by atoms with Gasteiger partial charge in [0.25, 0.3) is 0 Å². The number of nitrogens with one attached hydrogen (secondary N) is 1. The molecule has 152 valence electrons. The van der Waals surface area contributed by atoms with Crippen molar-refractivity contribution in [2.75, 3.05) is 6.54 Å². The van der Waals surface area contributed by atoms with E-state index in [2.05, 4.69) is 60.8 Å². The van der Waals surface area contributed by atoms with Crippen molar-refractivity contribution in [2.24, 2.45) is 5.92 Å². The van der Waals surface area contributed by atoms with Gasteiger partial charge in [-0.25, -0.2) is 0 Å². The molecule has 0 bridgehead atoms. The first-order chi connectivity index (χ1) is 14.7. The number of hydrogen-bond acceptors (Lipinski definition) is 2. The molecule has 30 heavy (non-hydrogen) atoms. The molecular weight excluding hydrogens is 366 g/mol. The number of carbonyl (C=O) groups is 1. The number of ketones is 1. The normalized spacial score (nSPS) is 20.2. The van der Waals surface area contributed by atoms with Crippen molar-refractivity contribution in [1.29, 1.82) is 0 Å². The molecular formula is C28H29NO. The average molecular weight is 396 g/mol. The molecule has 0 spiro atoms. The van der Waals surface area contributed by atoms with Gasteiger partial charge in [0.2, 0.25) is 0 Å². The van der Waals surface area contributed by atoms with Gasteiger partial charge < -0.3 is 5.32 Å². The summed E-state index contributed by atoms with van der Waals surface area (Å²) in [5.41, 5.74) is 6.85. The van der Waals surface area contributed by atoms with Crippen LogP contribution in [0.4, 0.5) is 0 Å². The van der Waals surface area contributed by atoms with Crippen LogP contribution < -0.4 is 5.32 Å². The molecule has 2 saturated carbocycles. The minimum absolute atomic E-state index is 0.175. The molecule has 2 unspecified atom stereocenters. The Bertz CT molecular complexity index is 1010. The third-order valence-corrected chi connectivity index (χ3v) is 6.52. The van der Waals surface area contributed by atoms with E-state index >= 15 is 0 Å². The van der Waals surface area contributed by atoms with E-state index in [4.69, 9.17) is 0 Å². The summed E-state index contributed by atoms with van der Waals surface area (Å²) in [6.07, 6.45) is 4.51. The molecule has 2 atom stereocenters. The fraction of sp³-hybridized carbons (Fsp3) is 0.321. The Morgan fingerprint density at radius 1 is 0.867 bits per heavy atom. The van der Waals surface area contributed by atoms with Crippen LogP contribution in [0.25, 0.3) is 11.1 Å². The predicted octanol–water partition coefficient (Wildman–Crippen LogP) is 5.94. The van der Waals surface area contributed by atoms with E-state index in [9.17, 15) is 4.79 Å². The number of carbonyl (C=O) groups excluding carboxylic acids is 1. The predicted molar refractivity (Wildman–Crippen MR) is 123 cm³/mol. The summed E-state index contributed by atoms with van der Waals surface area (Å²) in [6, 6.07) is 25.8. The summed E-state index contributed by atoms with van der Waals surface area (Å²) < 4.78 is 0. The van der Waals surface area contributed by atoms with Gasteiger partial charge in [-0.15, -0.1) is 0 Å². The lowest BCUT2D eigenvalue weighted by Gasteiger charge is -2.07. The highest BCUT2D eigenvalue weighted by atomic mass is 16.1. The topological polar surface area (TPSA) is 29.1 Å². The summed E-state index contributed by atoms with van der Waals surface area (Å²) in [7, 11) is 0. The molecule has 2 fully saturated rings. The summed E-state index contributed by atoms with van der Waals surface area (Å²) in [4.78, 5) is 12.7. The van der Waals surface area contributed by atoms with E-state index < -0.39 is 0 Å². The van der Waals surface area contributed by atoms with Crippen molar-refractivity contribution in [2.45, 2.75) is 44.6 Å². The van der Waals surface area contributed by atoms with Crippen LogP contribution in [0.2, 0.25) is 0 Å². The zero-order valence-electron chi connectivity index (χ0n) is 17.6. The molecule has 1 N–H and O–H groups in total.